The molecule has 0 aromatic heterocycles. The number of methoxy groups -OCH3 is 1. The minimum Gasteiger partial charge on any atom is -0.497 e. The molecular weight excluding hydrogens is 335 g/mol. The molecule has 2 aromatic carbocycles. The van der Waals surface area contributed by atoms with Crippen LogP contribution >= 0.6 is 0 Å². The van der Waals surface area contributed by atoms with Gasteiger partial charge in [-0.15, -0.1) is 0 Å². The summed E-state index contributed by atoms with van der Waals surface area (Å²) in [6, 6.07) is 13.7. The van der Waals surface area contributed by atoms with Crippen LogP contribution in [0, 0.1) is 17.7 Å². The first-order valence-corrected chi connectivity index (χ1v) is 8.50. The Morgan fingerprint density at radius 2 is 1.62 bits per heavy atom. The van der Waals surface area contributed by atoms with Gasteiger partial charge in [0.05, 0.1) is 18.9 Å². The Hall–Kier alpha value is -2.89. The highest BCUT2D eigenvalue weighted by atomic mass is 19.1. The first kappa shape index (κ1) is 17.9. The minimum absolute atomic E-state index is 0.127. The van der Waals surface area contributed by atoms with Gasteiger partial charge in [-0.25, -0.2) is 4.39 Å². The highest BCUT2D eigenvalue weighted by Gasteiger charge is 2.47. The molecule has 26 heavy (non-hydrogen) atoms. The van der Waals surface area contributed by atoms with Crippen LogP contribution in [0.4, 0.5) is 4.39 Å². The summed E-state index contributed by atoms with van der Waals surface area (Å²) in [5.74, 6) is -0.581. The Balaban J connectivity index is 1.43. The zero-order valence-corrected chi connectivity index (χ0v) is 14.5. The van der Waals surface area contributed by atoms with E-state index in [1.807, 2.05) is 24.3 Å². The third-order valence-corrected chi connectivity index (χ3v) is 4.50. The summed E-state index contributed by atoms with van der Waals surface area (Å²) < 4.78 is 18.6. The van der Waals surface area contributed by atoms with Crippen LogP contribution in [0.15, 0.2) is 48.5 Å². The first-order valence-electron chi connectivity index (χ1n) is 8.50. The summed E-state index contributed by atoms with van der Waals surface area (Å²) in [6.07, 6.45) is 0.525. The maximum Gasteiger partial charge on any atom is 0.224 e. The van der Waals surface area contributed by atoms with E-state index in [0.29, 0.717) is 18.5 Å². The van der Waals surface area contributed by atoms with Crippen molar-refractivity contribution in [3.8, 4) is 5.75 Å². The lowest BCUT2D eigenvalue weighted by Gasteiger charge is -2.07. The molecule has 0 heterocycles. The van der Waals surface area contributed by atoms with Gasteiger partial charge in [0.25, 0.3) is 0 Å². The SMILES string of the molecule is COc1ccc(CNC(=O)C2CC2C(=O)NCc2ccccc2F)cc1. The van der Waals surface area contributed by atoms with E-state index in [0.717, 1.165) is 11.3 Å². The highest BCUT2D eigenvalue weighted by molar-refractivity contribution is 5.92. The van der Waals surface area contributed by atoms with Gasteiger partial charge in [-0.05, 0) is 30.2 Å². The summed E-state index contributed by atoms with van der Waals surface area (Å²) in [5, 5.41) is 5.55. The van der Waals surface area contributed by atoms with Gasteiger partial charge in [0.2, 0.25) is 11.8 Å². The summed E-state index contributed by atoms with van der Waals surface area (Å²) in [5.41, 5.74) is 1.39. The zero-order valence-electron chi connectivity index (χ0n) is 14.5. The molecule has 2 aromatic rings. The van der Waals surface area contributed by atoms with Gasteiger partial charge >= 0.3 is 0 Å². The minimum atomic E-state index is -0.350. The zero-order chi connectivity index (χ0) is 18.5. The molecule has 6 heteroatoms. The van der Waals surface area contributed by atoms with Gasteiger partial charge in [-0.1, -0.05) is 30.3 Å². The van der Waals surface area contributed by atoms with E-state index in [4.69, 9.17) is 4.74 Å². The molecule has 1 saturated carbocycles. The van der Waals surface area contributed by atoms with Crippen LogP contribution in [0.25, 0.3) is 0 Å². The average Bonchev–Trinajstić information content (AvgIpc) is 3.46. The number of carbonyl (C=O) groups is 2. The number of halogens is 1. The molecule has 1 aliphatic carbocycles. The Morgan fingerprint density at radius 3 is 2.23 bits per heavy atom. The van der Waals surface area contributed by atoms with Gasteiger partial charge in [0, 0.05) is 18.7 Å². The predicted molar refractivity (Wildman–Crippen MR) is 94.7 cm³/mol. The van der Waals surface area contributed by atoms with Crippen molar-refractivity contribution in [2.75, 3.05) is 7.11 Å². The van der Waals surface area contributed by atoms with E-state index in [-0.39, 0.29) is 36.0 Å². The average molecular weight is 356 g/mol. The van der Waals surface area contributed by atoms with Crippen LogP contribution in [0.5, 0.6) is 5.75 Å². The van der Waals surface area contributed by atoms with Crippen molar-refractivity contribution in [3.05, 3.63) is 65.5 Å². The molecule has 1 fully saturated rings. The molecule has 0 radical (unpaired) electrons. The fourth-order valence-corrected chi connectivity index (χ4v) is 2.79. The van der Waals surface area contributed by atoms with Gasteiger partial charge < -0.3 is 15.4 Å². The third kappa shape index (κ3) is 4.39. The molecule has 0 bridgehead atoms. The molecule has 3 rings (SSSR count). The standard InChI is InChI=1S/C20H21FN2O3/c1-26-15-8-6-13(7-9-15)11-22-19(24)16-10-17(16)20(25)23-12-14-4-2-3-5-18(14)21/h2-9,16-17H,10-12H2,1H3,(H,22,24)(H,23,25). The van der Waals surface area contributed by atoms with Crippen molar-refractivity contribution in [1.29, 1.82) is 0 Å². The van der Waals surface area contributed by atoms with Gasteiger partial charge in [0.1, 0.15) is 11.6 Å². The normalized spacial score (nSPS) is 18.1. The number of rotatable bonds is 7. The number of hydrogen-bond donors (Lipinski definition) is 2. The van der Waals surface area contributed by atoms with Crippen LogP contribution in [-0.2, 0) is 22.7 Å². The summed E-state index contributed by atoms with van der Waals surface area (Å²) in [7, 11) is 1.60. The van der Waals surface area contributed by atoms with Gasteiger partial charge in [-0.2, -0.15) is 0 Å². The lowest BCUT2D eigenvalue weighted by Crippen LogP contribution is -2.29. The molecule has 2 amide bonds. The number of amides is 2. The second-order valence-corrected chi connectivity index (χ2v) is 6.32. The Kier molecular flexibility index (Phi) is 5.51. The molecule has 0 spiro atoms. The van der Waals surface area contributed by atoms with Crippen LogP contribution < -0.4 is 15.4 Å². The maximum absolute atomic E-state index is 13.5. The van der Waals surface area contributed by atoms with E-state index < -0.39 is 0 Å². The fraction of sp³-hybridized carbons (Fsp3) is 0.300. The number of ether oxygens (including phenoxy) is 1. The largest absolute Gasteiger partial charge is 0.497 e. The van der Waals surface area contributed by atoms with E-state index >= 15 is 0 Å². The molecule has 2 N–H and O–H groups in total. The van der Waals surface area contributed by atoms with Crippen LogP contribution in [0.2, 0.25) is 0 Å². The van der Waals surface area contributed by atoms with Crippen LogP contribution in [0.3, 0.4) is 0 Å². The first-order chi connectivity index (χ1) is 12.6. The number of nitrogens with one attached hydrogen (secondary N) is 2. The molecule has 0 saturated heterocycles. The second-order valence-electron chi connectivity index (χ2n) is 6.32. The molecule has 2 atom stereocenters. The molecule has 0 aliphatic heterocycles. The van der Waals surface area contributed by atoms with Crippen LogP contribution in [-0.4, -0.2) is 18.9 Å². The Labute approximate surface area is 151 Å². The monoisotopic (exact) mass is 356 g/mol. The summed E-state index contributed by atoms with van der Waals surface area (Å²) in [6.45, 7) is 0.533. The number of benzene rings is 2. The molecular formula is C20H21FN2O3. The smallest absolute Gasteiger partial charge is 0.224 e. The van der Waals surface area contributed by atoms with Crippen molar-refractivity contribution in [2.45, 2.75) is 19.5 Å². The van der Waals surface area contributed by atoms with Crippen LogP contribution in [0.1, 0.15) is 17.5 Å². The lowest BCUT2D eigenvalue weighted by molar-refractivity contribution is -0.127. The van der Waals surface area contributed by atoms with Crippen molar-refractivity contribution < 1.29 is 18.7 Å². The quantitative estimate of drug-likeness (QED) is 0.801. The van der Waals surface area contributed by atoms with E-state index in [1.54, 1.807) is 25.3 Å². The van der Waals surface area contributed by atoms with E-state index in [2.05, 4.69) is 10.6 Å². The molecule has 2 unspecified atom stereocenters. The summed E-state index contributed by atoms with van der Waals surface area (Å²) >= 11 is 0. The molecule has 136 valence electrons. The molecule has 1 aliphatic rings. The lowest BCUT2D eigenvalue weighted by atomic mass is 10.2. The van der Waals surface area contributed by atoms with Crippen molar-refractivity contribution >= 4 is 11.8 Å². The van der Waals surface area contributed by atoms with Gasteiger partial charge in [0.15, 0.2) is 0 Å². The van der Waals surface area contributed by atoms with E-state index in [9.17, 15) is 14.0 Å². The third-order valence-electron chi connectivity index (χ3n) is 4.50. The van der Waals surface area contributed by atoms with Crippen molar-refractivity contribution in [2.24, 2.45) is 11.8 Å². The fourth-order valence-electron chi connectivity index (χ4n) is 2.79. The van der Waals surface area contributed by atoms with Gasteiger partial charge in [-0.3, -0.25) is 9.59 Å². The summed E-state index contributed by atoms with van der Waals surface area (Å²) in [4.78, 5) is 24.3. The van der Waals surface area contributed by atoms with Crippen molar-refractivity contribution in [1.82, 2.24) is 10.6 Å². The topological polar surface area (TPSA) is 67.4 Å². The Bertz CT molecular complexity index is 792. The molecule has 5 nitrogen and oxygen atoms in total. The van der Waals surface area contributed by atoms with E-state index in [1.165, 1.54) is 6.07 Å². The highest BCUT2D eigenvalue weighted by Crippen LogP contribution is 2.38. The Morgan fingerprint density at radius 1 is 1.00 bits per heavy atom. The number of hydrogen-bond acceptors (Lipinski definition) is 3. The predicted octanol–water partition coefficient (Wildman–Crippen LogP) is 2.40. The number of carbonyl (C=O) groups excluding carboxylic acids is 2. The second kappa shape index (κ2) is 7.99. The maximum atomic E-state index is 13.5. The van der Waals surface area contributed by atoms with Crippen molar-refractivity contribution in [3.63, 3.8) is 0 Å².